The highest BCUT2D eigenvalue weighted by atomic mass is 16.5. The van der Waals surface area contributed by atoms with Gasteiger partial charge in [0.05, 0.1) is 0 Å². The Kier molecular flexibility index (Phi) is 5.22. The first kappa shape index (κ1) is 13.5. The van der Waals surface area contributed by atoms with E-state index in [0.29, 0.717) is 13.0 Å². The fraction of sp³-hybridized carbons (Fsp3) is 0.917. The lowest BCUT2D eigenvalue weighted by Crippen LogP contribution is -2.43. The van der Waals surface area contributed by atoms with E-state index in [9.17, 15) is 4.79 Å². The van der Waals surface area contributed by atoms with Crippen LogP contribution in [0.5, 0.6) is 0 Å². The maximum atomic E-state index is 11.9. The van der Waals surface area contributed by atoms with Crippen molar-refractivity contribution in [1.82, 2.24) is 4.90 Å². The minimum atomic E-state index is -0.230. The number of ether oxygens (including phenoxy) is 1. The average molecular weight is 228 g/mol. The fourth-order valence-electron chi connectivity index (χ4n) is 2.26. The first-order chi connectivity index (χ1) is 7.57. The van der Waals surface area contributed by atoms with Crippen molar-refractivity contribution in [2.24, 2.45) is 5.73 Å². The highest BCUT2D eigenvalue weighted by Gasteiger charge is 2.32. The lowest BCUT2D eigenvalue weighted by Gasteiger charge is -2.26. The largest absolute Gasteiger partial charge is 0.385 e. The molecule has 2 N–H and O–H groups in total. The summed E-state index contributed by atoms with van der Waals surface area (Å²) in [6.45, 7) is 1.45. The first-order valence-corrected chi connectivity index (χ1v) is 6.09. The molecular formula is C12H24N2O2. The predicted molar refractivity (Wildman–Crippen MR) is 64.1 cm³/mol. The number of nitrogens with two attached hydrogens (primary N) is 1. The van der Waals surface area contributed by atoms with Gasteiger partial charge in [-0.25, -0.2) is 0 Å². The summed E-state index contributed by atoms with van der Waals surface area (Å²) < 4.78 is 4.96. The van der Waals surface area contributed by atoms with Crippen molar-refractivity contribution < 1.29 is 9.53 Å². The third-order valence-corrected chi connectivity index (χ3v) is 3.37. The fourth-order valence-corrected chi connectivity index (χ4v) is 2.26. The van der Waals surface area contributed by atoms with Gasteiger partial charge < -0.3 is 15.4 Å². The SMILES string of the molecule is COCCCN(C)C(=O)CC1(N)CCCC1. The van der Waals surface area contributed by atoms with E-state index in [4.69, 9.17) is 10.5 Å². The minimum absolute atomic E-state index is 0.167. The van der Waals surface area contributed by atoms with E-state index in [-0.39, 0.29) is 11.4 Å². The number of carbonyl (C=O) groups is 1. The summed E-state index contributed by atoms with van der Waals surface area (Å²) in [7, 11) is 3.52. The molecule has 1 aliphatic rings. The zero-order chi connectivity index (χ0) is 12.0. The molecule has 0 unspecified atom stereocenters. The molecule has 4 heteroatoms. The molecule has 0 radical (unpaired) electrons. The van der Waals surface area contributed by atoms with Gasteiger partial charge in [-0.15, -0.1) is 0 Å². The minimum Gasteiger partial charge on any atom is -0.385 e. The van der Waals surface area contributed by atoms with Crippen LogP contribution in [0.25, 0.3) is 0 Å². The van der Waals surface area contributed by atoms with Gasteiger partial charge in [0.15, 0.2) is 0 Å². The summed E-state index contributed by atoms with van der Waals surface area (Å²) in [6, 6.07) is 0. The van der Waals surface area contributed by atoms with Crippen molar-refractivity contribution in [1.29, 1.82) is 0 Å². The molecule has 1 rings (SSSR count). The molecule has 4 nitrogen and oxygen atoms in total. The van der Waals surface area contributed by atoms with Gasteiger partial charge in [-0.2, -0.15) is 0 Å². The molecule has 0 atom stereocenters. The zero-order valence-corrected chi connectivity index (χ0v) is 10.5. The molecule has 0 heterocycles. The van der Waals surface area contributed by atoms with Crippen LogP contribution in [0.4, 0.5) is 0 Å². The molecule has 0 saturated heterocycles. The molecule has 16 heavy (non-hydrogen) atoms. The summed E-state index contributed by atoms with van der Waals surface area (Å²) in [5.41, 5.74) is 5.95. The molecule has 0 bridgehead atoms. The third kappa shape index (κ3) is 4.10. The molecule has 1 fully saturated rings. The molecule has 0 aliphatic heterocycles. The molecular weight excluding hydrogens is 204 g/mol. The molecule has 94 valence electrons. The molecule has 0 aromatic heterocycles. The van der Waals surface area contributed by atoms with Crippen molar-refractivity contribution in [3.05, 3.63) is 0 Å². The van der Waals surface area contributed by atoms with Crippen molar-refractivity contribution in [3.8, 4) is 0 Å². The van der Waals surface area contributed by atoms with Crippen LogP contribution >= 0.6 is 0 Å². The molecule has 1 aliphatic carbocycles. The Hall–Kier alpha value is -0.610. The lowest BCUT2D eigenvalue weighted by molar-refractivity contribution is -0.131. The zero-order valence-electron chi connectivity index (χ0n) is 10.5. The van der Waals surface area contributed by atoms with E-state index in [0.717, 1.165) is 38.6 Å². The molecule has 0 spiro atoms. The standard InChI is InChI=1S/C12H24N2O2/c1-14(8-5-9-16-2)11(15)10-12(13)6-3-4-7-12/h3-10,13H2,1-2H3. The highest BCUT2D eigenvalue weighted by molar-refractivity contribution is 5.77. The molecule has 1 amide bonds. The van der Waals surface area contributed by atoms with Crippen LogP contribution in [0.3, 0.4) is 0 Å². The quantitative estimate of drug-likeness (QED) is 0.694. The van der Waals surface area contributed by atoms with Crippen molar-refractivity contribution in [2.75, 3.05) is 27.3 Å². The Bertz CT molecular complexity index is 225. The Morgan fingerprint density at radius 2 is 2.06 bits per heavy atom. The van der Waals surface area contributed by atoms with Gasteiger partial charge in [-0.3, -0.25) is 4.79 Å². The molecule has 1 saturated carbocycles. The Morgan fingerprint density at radius 1 is 1.44 bits per heavy atom. The number of rotatable bonds is 6. The van der Waals surface area contributed by atoms with Crippen LogP contribution in [0.15, 0.2) is 0 Å². The van der Waals surface area contributed by atoms with Crippen LogP contribution in [0.1, 0.15) is 38.5 Å². The summed E-state index contributed by atoms with van der Waals surface area (Å²) in [5, 5.41) is 0. The summed E-state index contributed by atoms with van der Waals surface area (Å²) in [6.07, 6.45) is 5.69. The summed E-state index contributed by atoms with van der Waals surface area (Å²) in [4.78, 5) is 13.7. The van der Waals surface area contributed by atoms with E-state index < -0.39 is 0 Å². The van der Waals surface area contributed by atoms with E-state index in [2.05, 4.69) is 0 Å². The third-order valence-electron chi connectivity index (χ3n) is 3.37. The van der Waals surface area contributed by atoms with E-state index in [1.54, 1.807) is 12.0 Å². The predicted octanol–water partition coefficient (Wildman–Crippen LogP) is 1.14. The number of carbonyl (C=O) groups excluding carboxylic acids is 1. The van der Waals surface area contributed by atoms with Crippen LogP contribution in [-0.2, 0) is 9.53 Å². The maximum Gasteiger partial charge on any atom is 0.224 e. The number of methoxy groups -OCH3 is 1. The van der Waals surface area contributed by atoms with Crippen LogP contribution in [0, 0.1) is 0 Å². The highest BCUT2D eigenvalue weighted by Crippen LogP contribution is 2.30. The monoisotopic (exact) mass is 228 g/mol. The smallest absolute Gasteiger partial charge is 0.224 e. The summed E-state index contributed by atoms with van der Waals surface area (Å²) >= 11 is 0. The molecule has 0 aromatic rings. The van der Waals surface area contributed by atoms with Crippen LogP contribution in [-0.4, -0.2) is 43.7 Å². The Labute approximate surface area is 98.1 Å². The second-order valence-electron chi connectivity index (χ2n) is 4.91. The van der Waals surface area contributed by atoms with Crippen LogP contribution in [0.2, 0.25) is 0 Å². The maximum absolute atomic E-state index is 11.9. The van der Waals surface area contributed by atoms with Gasteiger partial charge in [0.1, 0.15) is 0 Å². The van der Waals surface area contributed by atoms with Gasteiger partial charge in [0, 0.05) is 39.3 Å². The van der Waals surface area contributed by atoms with E-state index >= 15 is 0 Å². The van der Waals surface area contributed by atoms with Gasteiger partial charge in [0.2, 0.25) is 5.91 Å². The van der Waals surface area contributed by atoms with Gasteiger partial charge >= 0.3 is 0 Å². The van der Waals surface area contributed by atoms with Gasteiger partial charge in [-0.05, 0) is 19.3 Å². The lowest BCUT2D eigenvalue weighted by atomic mass is 9.94. The summed E-state index contributed by atoms with van der Waals surface area (Å²) in [5.74, 6) is 0.167. The van der Waals surface area contributed by atoms with Crippen LogP contribution < -0.4 is 5.73 Å². The van der Waals surface area contributed by atoms with E-state index in [1.807, 2.05) is 7.05 Å². The number of hydrogen-bond donors (Lipinski definition) is 1. The van der Waals surface area contributed by atoms with Crippen molar-refractivity contribution >= 4 is 5.91 Å². The second kappa shape index (κ2) is 6.21. The Morgan fingerprint density at radius 3 is 2.62 bits per heavy atom. The van der Waals surface area contributed by atoms with E-state index in [1.165, 1.54) is 0 Å². The molecule has 0 aromatic carbocycles. The number of amides is 1. The second-order valence-corrected chi connectivity index (χ2v) is 4.91. The normalized spacial score (nSPS) is 18.7. The van der Waals surface area contributed by atoms with Gasteiger partial charge in [-0.1, -0.05) is 12.8 Å². The average Bonchev–Trinajstić information content (AvgIpc) is 2.65. The topological polar surface area (TPSA) is 55.6 Å². The van der Waals surface area contributed by atoms with Crippen molar-refractivity contribution in [3.63, 3.8) is 0 Å². The Balaban J connectivity index is 2.27. The number of hydrogen-bond acceptors (Lipinski definition) is 3. The van der Waals surface area contributed by atoms with Gasteiger partial charge in [0.25, 0.3) is 0 Å². The first-order valence-electron chi connectivity index (χ1n) is 6.09. The van der Waals surface area contributed by atoms with Crippen molar-refractivity contribution in [2.45, 2.75) is 44.1 Å². The number of nitrogens with zero attached hydrogens (tertiary/aromatic N) is 1.